The highest BCUT2D eigenvalue weighted by molar-refractivity contribution is 7.92. The van der Waals surface area contributed by atoms with Crippen molar-refractivity contribution in [1.29, 1.82) is 0 Å². The van der Waals surface area contributed by atoms with Gasteiger partial charge >= 0.3 is 0 Å². The summed E-state index contributed by atoms with van der Waals surface area (Å²) in [6, 6.07) is 13.3. The predicted octanol–water partition coefficient (Wildman–Crippen LogP) is 4.05. The van der Waals surface area contributed by atoms with Crippen molar-refractivity contribution in [2.75, 3.05) is 30.6 Å². The third-order valence-electron chi connectivity index (χ3n) is 5.63. The smallest absolute Gasteiger partial charge is 0.264 e. The predicted molar refractivity (Wildman–Crippen MR) is 129 cm³/mol. The maximum Gasteiger partial charge on any atom is 0.264 e. The van der Waals surface area contributed by atoms with Crippen LogP contribution in [0.2, 0.25) is 0 Å². The van der Waals surface area contributed by atoms with Gasteiger partial charge in [0.1, 0.15) is 12.3 Å². The Morgan fingerprint density at radius 1 is 1.06 bits per heavy atom. The summed E-state index contributed by atoms with van der Waals surface area (Å²) in [4.78, 5) is 12.8. The molecule has 1 saturated carbocycles. The molecule has 7 nitrogen and oxygen atoms in total. The van der Waals surface area contributed by atoms with E-state index in [1.54, 1.807) is 24.3 Å². The Bertz CT molecular complexity index is 984. The maximum absolute atomic E-state index is 13.4. The average Bonchev–Trinajstić information content (AvgIpc) is 3.32. The summed E-state index contributed by atoms with van der Waals surface area (Å²) >= 11 is 0. The first-order valence-electron chi connectivity index (χ1n) is 11.6. The second-order valence-corrected chi connectivity index (χ2v) is 10.1. The van der Waals surface area contributed by atoms with E-state index in [1.165, 1.54) is 25.0 Å². The lowest BCUT2D eigenvalue weighted by molar-refractivity contribution is -0.119. The molecule has 3 rings (SSSR count). The number of benzene rings is 2. The number of aryl methyl sites for hydroxylation is 1. The minimum absolute atomic E-state index is 0.101. The fraction of sp³-hybridized carbons (Fsp3) is 0.480. The number of hydrogen-bond donors (Lipinski definition) is 1. The van der Waals surface area contributed by atoms with Gasteiger partial charge in [-0.25, -0.2) is 8.42 Å². The first-order valence-corrected chi connectivity index (χ1v) is 13.0. The number of sulfonamides is 1. The van der Waals surface area contributed by atoms with Crippen molar-refractivity contribution in [2.45, 2.75) is 57.0 Å². The van der Waals surface area contributed by atoms with Crippen LogP contribution in [-0.4, -0.2) is 46.7 Å². The normalized spacial score (nSPS) is 14.2. The van der Waals surface area contributed by atoms with E-state index in [0.717, 1.165) is 22.7 Å². The van der Waals surface area contributed by atoms with E-state index in [9.17, 15) is 13.2 Å². The number of rotatable bonds is 12. The molecule has 1 aliphatic rings. The van der Waals surface area contributed by atoms with Crippen LogP contribution in [-0.2, 0) is 19.6 Å². The van der Waals surface area contributed by atoms with Gasteiger partial charge in [0, 0.05) is 13.2 Å². The summed E-state index contributed by atoms with van der Waals surface area (Å²) in [5, 5.41) is 2.82. The van der Waals surface area contributed by atoms with Crippen LogP contribution in [0.15, 0.2) is 53.4 Å². The van der Waals surface area contributed by atoms with Crippen molar-refractivity contribution < 1.29 is 22.7 Å². The molecule has 0 atom stereocenters. The molecule has 0 saturated heterocycles. The van der Waals surface area contributed by atoms with E-state index < -0.39 is 10.0 Å². The Morgan fingerprint density at radius 2 is 1.73 bits per heavy atom. The molecule has 0 bridgehead atoms. The van der Waals surface area contributed by atoms with Crippen LogP contribution in [0.5, 0.6) is 5.75 Å². The molecule has 1 N–H and O–H groups in total. The number of nitrogens with zero attached hydrogens (tertiary/aromatic N) is 1. The molecule has 0 aliphatic heterocycles. The first-order chi connectivity index (χ1) is 15.9. The summed E-state index contributed by atoms with van der Waals surface area (Å²) < 4.78 is 39.2. The van der Waals surface area contributed by atoms with Crippen molar-refractivity contribution in [3.05, 3.63) is 54.1 Å². The van der Waals surface area contributed by atoms with Crippen LogP contribution in [0, 0.1) is 6.92 Å². The highest BCUT2D eigenvalue weighted by atomic mass is 32.2. The van der Waals surface area contributed by atoms with Gasteiger partial charge in [-0.05, 0) is 69.5 Å². The Labute approximate surface area is 197 Å². The van der Waals surface area contributed by atoms with Gasteiger partial charge in [0.05, 0.1) is 23.3 Å². The Morgan fingerprint density at radius 3 is 2.36 bits per heavy atom. The molecule has 1 fully saturated rings. The van der Waals surface area contributed by atoms with Crippen LogP contribution in [0.25, 0.3) is 0 Å². The Balaban J connectivity index is 1.66. The van der Waals surface area contributed by atoms with Crippen LogP contribution in [0.4, 0.5) is 5.69 Å². The molecule has 0 radical (unpaired) electrons. The number of carbonyl (C=O) groups is 1. The summed E-state index contributed by atoms with van der Waals surface area (Å²) in [6.45, 7) is 5.02. The summed E-state index contributed by atoms with van der Waals surface area (Å²) in [6.07, 6.45) is 5.70. The molecule has 8 heteroatoms. The van der Waals surface area contributed by atoms with Gasteiger partial charge < -0.3 is 14.8 Å². The van der Waals surface area contributed by atoms with E-state index in [4.69, 9.17) is 9.47 Å². The van der Waals surface area contributed by atoms with Crippen molar-refractivity contribution in [1.82, 2.24) is 5.32 Å². The van der Waals surface area contributed by atoms with Gasteiger partial charge in [-0.1, -0.05) is 30.5 Å². The topological polar surface area (TPSA) is 84.9 Å². The van der Waals surface area contributed by atoms with Crippen molar-refractivity contribution >= 4 is 21.6 Å². The molecule has 2 aromatic carbocycles. The Kier molecular flexibility index (Phi) is 9.14. The maximum atomic E-state index is 13.4. The molecule has 1 aliphatic carbocycles. The Hall–Kier alpha value is -2.58. The summed E-state index contributed by atoms with van der Waals surface area (Å²) in [7, 11) is -3.95. The van der Waals surface area contributed by atoms with E-state index in [-0.39, 0.29) is 17.3 Å². The molecule has 33 heavy (non-hydrogen) atoms. The molecule has 0 spiro atoms. The van der Waals surface area contributed by atoms with E-state index in [2.05, 4.69) is 5.32 Å². The first kappa shape index (κ1) is 25.1. The summed E-state index contributed by atoms with van der Waals surface area (Å²) in [5.41, 5.74) is 1.44. The molecular weight excluding hydrogens is 440 g/mol. The minimum atomic E-state index is -3.95. The third kappa shape index (κ3) is 7.20. The number of ether oxygens (including phenoxy) is 2. The van der Waals surface area contributed by atoms with Gasteiger partial charge in [-0.15, -0.1) is 0 Å². The van der Waals surface area contributed by atoms with E-state index in [0.29, 0.717) is 43.7 Å². The zero-order valence-electron chi connectivity index (χ0n) is 19.5. The van der Waals surface area contributed by atoms with E-state index in [1.807, 2.05) is 26.0 Å². The average molecular weight is 475 g/mol. The highest BCUT2D eigenvalue weighted by Gasteiger charge is 2.27. The number of amides is 1. The van der Waals surface area contributed by atoms with E-state index >= 15 is 0 Å². The summed E-state index contributed by atoms with van der Waals surface area (Å²) in [5.74, 6) is 0.238. The zero-order chi connectivity index (χ0) is 23.7. The molecule has 0 unspecified atom stereocenters. The van der Waals surface area contributed by atoms with Crippen molar-refractivity contribution in [3.63, 3.8) is 0 Å². The largest absolute Gasteiger partial charge is 0.494 e. The molecule has 2 aromatic rings. The lowest BCUT2D eigenvalue weighted by Crippen LogP contribution is -2.41. The number of hydrogen-bond acceptors (Lipinski definition) is 5. The minimum Gasteiger partial charge on any atom is -0.494 e. The standard InChI is InChI=1S/C25H34N2O5S/c1-3-31-23-13-15-24(16-14-23)33(29,30)27(21-11-9-20(2)10-12-21)19-25(28)26-17-6-18-32-22-7-4-5-8-22/h9-16,22H,3-8,17-19H2,1-2H3,(H,26,28). The van der Waals surface area contributed by atoms with Crippen LogP contribution in [0.1, 0.15) is 44.6 Å². The molecule has 180 valence electrons. The quantitative estimate of drug-likeness (QED) is 0.469. The second kappa shape index (κ2) is 12.0. The van der Waals surface area contributed by atoms with Gasteiger partial charge in [0.25, 0.3) is 10.0 Å². The number of anilines is 1. The fourth-order valence-corrected chi connectivity index (χ4v) is 5.24. The van der Waals surface area contributed by atoms with Gasteiger partial charge in [0.2, 0.25) is 5.91 Å². The van der Waals surface area contributed by atoms with Gasteiger partial charge in [0.15, 0.2) is 0 Å². The third-order valence-corrected chi connectivity index (χ3v) is 7.42. The van der Waals surface area contributed by atoms with Crippen molar-refractivity contribution in [2.24, 2.45) is 0 Å². The van der Waals surface area contributed by atoms with Gasteiger partial charge in [-0.3, -0.25) is 9.10 Å². The zero-order valence-corrected chi connectivity index (χ0v) is 20.3. The van der Waals surface area contributed by atoms with Crippen LogP contribution < -0.4 is 14.4 Å². The number of carbonyl (C=O) groups excluding carboxylic acids is 1. The lowest BCUT2D eigenvalue weighted by Gasteiger charge is -2.24. The molecule has 0 aromatic heterocycles. The van der Waals surface area contributed by atoms with Crippen LogP contribution >= 0.6 is 0 Å². The molecule has 0 heterocycles. The molecule has 1 amide bonds. The second-order valence-electron chi connectivity index (χ2n) is 8.23. The lowest BCUT2D eigenvalue weighted by atomic mass is 10.2. The highest BCUT2D eigenvalue weighted by Crippen LogP contribution is 2.25. The fourth-order valence-electron chi connectivity index (χ4n) is 3.82. The monoisotopic (exact) mass is 474 g/mol. The molecular formula is C25H34N2O5S. The van der Waals surface area contributed by atoms with Crippen LogP contribution in [0.3, 0.4) is 0 Å². The SMILES string of the molecule is CCOc1ccc(S(=O)(=O)N(CC(=O)NCCCOC2CCCC2)c2ccc(C)cc2)cc1. The number of nitrogens with one attached hydrogen (secondary N) is 1. The van der Waals surface area contributed by atoms with Crippen molar-refractivity contribution in [3.8, 4) is 5.75 Å². The van der Waals surface area contributed by atoms with Gasteiger partial charge in [-0.2, -0.15) is 0 Å².